The van der Waals surface area contributed by atoms with Crippen LogP contribution in [0.2, 0.25) is 0 Å². The number of benzene rings is 1. The largest absolute Gasteiger partial charge is 0.491 e. The molecule has 0 saturated heterocycles. The molecule has 0 amide bonds. The van der Waals surface area contributed by atoms with Crippen LogP contribution in [-0.4, -0.2) is 26.8 Å². The van der Waals surface area contributed by atoms with Crippen LogP contribution in [0.3, 0.4) is 0 Å². The van der Waals surface area contributed by atoms with Gasteiger partial charge in [-0.15, -0.1) is 0 Å². The van der Waals surface area contributed by atoms with E-state index in [0.717, 1.165) is 0 Å². The quantitative estimate of drug-likeness (QED) is 0.667. The summed E-state index contributed by atoms with van der Waals surface area (Å²) in [6, 6.07) is 6.16. The lowest BCUT2D eigenvalue weighted by Crippen LogP contribution is -2.33. The van der Waals surface area contributed by atoms with Crippen molar-refractivity contribution in [3.8, 4) is 5.75 Å². The Morgan fingerprint density at radius 1 is 1.36 bits per heavy atom. The summed E-state index contributed by atoms with van der Waals surface area (Å²) in [5, 5.41) is 0. The van der Waals surface area contributed by atoms with Crippen molar-refractivity contribution in [1.82, 2.24) is 0 Å². The molecule has 0 radical (unpaired) electrons. The molecule has 1 aromatic carbocycles. The van der Waals surface area contributed by atoms with E-state index in [2.05, 4.69) is 0 Å². The molecule has 0 aromatic heterocycles. The zero-order valence-electron chi connectivity index (χ0n) is 7.51. The van der Waals surface area contributed by atoms with Gasteiger partial charge in [-0.3, -0.25) is 0 Å². The standard InChI is InChI=1S/C9H11NO3S/c10-7-5-13-8-3-1-2-4-9(8)14(11,12)6-7/h1-4,7H,5-6,10H2/t7-/m0/s1. The van der Waals surface area contributed by atoms with E-state index in [1.54, 1.807) is 24.3 Å². The summed E-state index contributed by atoms with van der Waals surface area (Å²) in [6.07, 6.45) is 0. The maximum atomic E-state index is 11.7. The van der Waals surface area contributed by atoms with Crippen LogP contribution in [0.4, 0.5) is 0 Å². The highest BCUT2D eigenvalue weighted by molar-refractivity contribution is 7.91. The first-order chi connectivity index (χ1) is 6.59. The highest BCUT2D eigenvalue weighted by atomic mass is 32.2. The van der Waals surface area contributed by atoms with E-state index >= 15 is 0 Å². The van der Waals surface area contributed by atoms with Crippen molar-refractivity contribution in [2.24, 2.45) is 5.73 Å². The minimum absolute atomic E-state index is 0.0516. The number of para-hydroxylation sites is 1. The van der Waals surface area contributed by atoms with Gasteiger partial charge < -0.3 is 10.5 Å². The highest BCUT2D eigenvalue weighted by Crippen LogP contribution is 2.26. The lowest BCUT2D eigenvalue weighted by Gasteiger charge is -2.05. The van der Waals surface area contributed by atoms with E-state index in [-0.39, 0.29) is 17.3 Å². The van der Waals surface area contributed by atoms with Gasteiger partial charge in [0.1, 0.15) is 17.3 Å². The fourth-order valence-electron chi connectivity index (χ4n) is 1.44. The zero-order chi connectivity index (χ0) is 10.2. The SMILES string of the molecule is N[C@H]1COc2ccccc2S(=O)(=O)C1. The van der Waals surface area contributed by atoms with Crippen LogP contribution in [0.15, 0.2) is 29.2 Å². The zero-order valence-corrected chi connectivity index (χ0v) is 8.33. The second kappa shape index (κ2) is 3.25. The van der Waals surface area contributed by atoms with Crippen LogP contribution in [0, 0.1) is 0 Å². The molecule has 0 saturated carbocycles. The molecule has 2 rings (SSSR count). The number of rotatable bonds is 0. The molecule has 1 aromatic rings. The summed E-state index contributed by atoms with van der Waals surface area (Å²) < 4.78 is 28.8. The number of hydrogen-bond donors (Lipinski definition) is 1. The van der Waals surface area contributed by atoms with E-state index in [9.17, 15) is 8.42 Å². The molecule has 2 N–H and O–H groups in total. The monoisotopic (exact) mass is 213 g/mol. The van der Waals surface area contributed by atoms with Crippen molar-refractivity contribution in [2.75, 3.05) is 12.4 Å². The van der Waals surface area contributed by atoms with Gasteiger partial charge in [0.15, 0.2) is 9.84 Å². The first-order valence-corrected chi connectivity index (χ1v) is 5.95. The van der Waals surface area contributed by atoms with Gasteiger partial charge in [-0.05, 0) is 12.1 Å². The van der Waals surface area contributed by atoms with Crippen molar-refractivity contribution < 1.29 is 13.2 Å². The number of nitrogens with two attached hydrogens (primary N) is 1. The van der Waals surface area contributed by atoms with Gasteiger partial charge >= 0.3 is 0 Å². The molecule has 1 aliphatic heterocycles. The van der Waals surface area contributed by atoms with E-state index in [1.165, 1.54) is 0 Å². The van der Waals surface area contributed by atoms with Gasteiger partial charge in [-0.2, -0.15) is 0 Å². The Bertz CT molecular complexity index is 441. The molecule has 14 heavy (non-hydrogen) atoms. The van der Waals surface area contributed by atoms with Gasteiger partial charge in [0, 0.05) is 0 Å². The van der Waals surface area contributed by atoms with E-state index < -0.39 is 15.9 Å². The number of fused-ring (bicyclic) bond motifs is 1. The molecular weight excluding hydrogens is 202 g/mol. The minimum Gasteiger partial charge on any atom is -0.491 e. The van der Waals surface area contributed by atoms with Gasteiger partial charge in [0.25, 0.3) is 0 Å². The maximum Gasteiger partial charge on any atom is 0.183 e. The summed E-state index contributed by atoms with van der Waals surface area (Å²) in [5.74, 6) is 0.352. The van der Waals surface area contributed by atoms with Crippen LogP contribution in [0.25, 0.3) is 0 Å². The first-order valence-electron chi connectivity index (χ1n) is 4.30. The second-order valence-electron chi connectivity index (χ2n) is 3.30. The van der Waals surface area contributed by atoms with Crippen molar-refractivity contribution in [2.45, 2.75) is 10.9 Å². The number of hydrogen-bond acceptors (Lipinski definition) is 4. The van der Waals surface area contributed by atoms with Crippen LogP contribution in [0.5, 0.6) is 5.75 Å². The summed E-state index contributed by atoms with van der Waals surface area (Å²) >= 11 is 0. The Labute approximate surface area is 82.6 Å². The smallest absolute Gasteiger partial charge is 0.183 e. The highest BCUT2D eigenvalue weighted by Gasteiger charge is 2.26. The minimum atomic E-state index is -3.28. The summed E-state index contributed by atoms with van der Waals surface area (Å²) in [7, 11) is -3.28. The summed E-state index contributed by atoms with van der Waals surface area (Å²) in [5.41, 5.74) is 5.59. The summed E-state index contributed by atoms with van der Waals surface area (Å²) in [6.45, 7) is 0.246. The van der Waals surface area contributed by atoms with Crippen LogP contribution < -0.4 is 10.5 Å². The van der Waals surface area contributed by atoms with Gasteiger partial charge in [0.05, 0.1) is 11.8 Å². The Balaban J connectivity index is 2.57. The molecule has 0 fully saturated rings. The fourth-order valence-corrected chi connectivity index (χ4v) is 3.00. The Morgan fingerprint density at radius 2 is 2.07 bits per heavy atom. The average Bonchev–Trinajstić information content (AvgIpc) is 2.24. The molecule has 0 spiro atoms. The lowest BCUT2D eigenvalue weighted by molar-refractivity contribution is 0.295. The third-order valence-corrected chi connectivity index (χ3v) is 3.94. The van der Waals surface area contributed by atoms with Crippen LogP contribution >= 0.6 is 0 Å². The third kappa shape index (κ3) is 1.60. The number of sulfone groups is 1. The molecule has 1 atom stereocenters. The fraction of sp³-hybridized carbons (Fsp3) is 0.333. The molecule has 1 heterocycles. The second-order valence-corrected chi connectivity index (χ2v) is 5.30. The van der Waals surface area contributed by atoms with Crippen molar-refractivity contribution in [3.05, 3.63) is 24.3 Å². The van der Waals surface area contributed by atoms with Crippen molar-refractivity contribution in [1.29, 1.82) is 0 Å². The molecule has 0 aliphatic carbocycles. The van der Waals surface area contributed by atoms with E-state index in [4.69, 9.17) is 10.5 Å². The maximum absolute atomic E-state index is 11.7. The Hall–Kier alpha value is -1.07. The Morgan fingerprint density at radius 3 is 2.86 bits per heavy atom. The van der Waals surface area contributed by atoms with Gasteiger partial charge in [-0.1, -0.05) is 12.1 Å². The number of ether oxygens (including phenoxy) is 1. The molecule has 0 unspecified atom stereocenters. The lowest BCUT2D eigenvalue weighted by atomic mass is 10.3. The van der Waals surface area contributed by atoms with Gasteiger partial charge in [-0.25, -0.2) is 8.42 Å². The Kier molecular flexibility index (Phi) is 2.20. The first kappa shape index (κ1) is 9.48. The molecular formula is C9H11NO3S. The predicted octanol–water partition coefficient (Wildman–Crippen LogP) is 0.180. The molecule has 76 valence electrons. The normalized spacial score (nSPS) is 24.5. The summed E-state index contributed by atoms with van der Waals surface area (Å²) in [4.78, 5) is 0.243. The predicted molar refractivity (Wildman–Crippen MR) is 52.0 cm³/mol. The van der Waals surface area contributed by atoms with E-state index in [0.29, 0.717) is 5.75 Å². The van der Waals surface area contributed by atoms with E-state index in [1.807, 2.05) is 0 Å². The molecule has 5 heteroatoms. The third-order valence-electron chi connectivity index (χ3n) is 2.07. The topological polar surface area (TPSA) is 69.4 Å². The van der Waals surface area contributed by atoms with Crippen molar-refractivity contribution in [3.63, 3.8) is 0 Å². The molecule has 4 nitrogen and oxygen atoms in total. The average molecular weight is 213 g/mol. The van der Waals surface area contributed by atoms with Crippen LogP contribution in [-0.2, 0) is 9.84 Å². The van der Waals surface area contributed by atoms with Crippen molar-refractivity contribution >= 4 is 9.84 Å². The van der Waals surface area contributed by atoms with Gasteiger partial charge in [0.2, 0.25) is 0 Å². The van der Waals surface area contributed by atoms with Crippen LogP contribution in [0.1, 0.15) is 0 Å². The molecule has 0 bridgehead atoms. The molecule has 1 aliphatic rings.